The lowest BCUT2D eigenvalue weighted by molar-refractivity contribution is 0.384. The minimum Gasteiger partial charge on any atom is -0.495 e. The second kappa shape index (κ2) is 7.52. The van der Waals surface area contributed by atoms with Crippen LogP contribution in [0.4, 0.5) is 11.4 Å². The van der Waals surface area contributed by atoms with Gasteiger partial charge in [0, 0.05) is 48.0 Å². The maximum Gasteiger partial charge on any atom is 0.243 e. The summed E-state index contributed by atoms with van der Waals surface area (Å²) in [6, 6.07) is 9.80. The number of anilines is 2. The first kappa shape index (κ1) is 19.1. The molecule has 2 aromatic carbocycles. The Morgan fingerprint density at radius 3 is 2.19 bits per heavy atom. The Balaban J connectivity index is 1.76. The lowest BCUT2D eigenvalue weighted by atomic mass is 10.2. The fraction of sp³-hybridized carbons (Fsp3) is 0.294. The number of ether oxygens (including phenoxy) is 1. The number of methoxy groups -OCH3 is 1. The van der Waals surface area contributed by atoms with Crippen molar-refractivity contribution in [3.63, 3.8) is 0 Å². The van der Waals surface area contributed by atoms with Crippen LogP contribution in [0.2, 0.25) is 10.0 Å². The van der Waals surface area contributed by atoms with Crippen molar-refractivity contribution in [1.82, 2.24) is 4.31 Å². The SMILES string of the molecule is COc1cc(S(=O)(=O)N2CCN(c3cc(Cl)cc(Cl)c3)CC2)ccc1N. The molecule has 0 saturated carbocycles. The van der Waals surface area contributed by atoms with Crippen LogP contribution in [0.1, 0.15) is 0 Å². The van der Waals surface area contributed by atoms with Crippen LogP contribution in [0.3, 0.4) is 0 Å². The van der Waals surface area contributed by atoms with Crippen LogP contribution in [0.5, 0.6) is 5.75 Å². The van der Waals surface area contributed by atoms with Crippen molar-refractivity contribution in [3.8, 4) is 5.75 Å². The Morgan fingerprint density at radius 1 is 1.00 bits per heavy atom. The Hall–Kier alpha value is -1.67. The van der Waals surface area contributed by atoms with E-state index in [0.717, 1.165) is 5.69 Å². The van der Waals surface area contributed by atoms with Gasteiger partial charge < -0.3 is 15.4 Å². The van der Waals surface area contributed by atoms with E-state index in [4.69, 9.17) is 33.7 Å². The van der Waals surface area contributed by atoms with E-state index in [2.05, 4.69) is 4.90 Å². The number of hydrogen-bond acceptors (Lipinski definition) is 5. The van der Waals surface area contributed by atoms with Crippen LogP contribution >= 0.6 is 23.2 Å². The molecule has 0 unspecified atom stereocenters. The number of nitrogen functional groups attached to an aromatic ring is 1. The Labute approximate surface area is 163 Å². The summed E-state index contributed by atoms with van der Waals surface area (Å²) < 4.78 is 32.4. The molecular formula is C17H19Cl2N3O3S. The van der Waals surface area contributed by atoms with Crippen LogP contribution in [0.15, 0.2) is 41.3 Å². The first-order valence-corrected chi connectivity index (χ1v) is 10.2. The van der Waals surface area contributed by atoms with E-state index >= 15 is 0 Å². The zero-order chi connectivity index (χ0) is 18.9. The van der Waals surface area contributed by atoms with Crippen molar-refractivity contribution < 1.29 is 13.2 Å². The fourth-order valence-corrected chi connectivity index (χ4v) is 4.86. The molecule has 140 valence electrons. The van der Waals surface area contributed by atoms with Gasteiger partial charge in [0.05, 0.1) is 17.7 Å². The van der Waals surface area contributed by atoms with Gasteiger partial charge in [0.2, 0.25) is 10.0 Å². The minimum atomic E-state index is -3.61. The summed E-state index contributed by atoms with van der Waals surface area (Å²) in [4.78, 5) is 2.23. The molecule has 2 aromatic rings. The minimum absolute atomic E-state index is 0.169. The molecule has 2 N–H and O–H groups in total. The van der Waals surface area contributed by atoms with Crippen LogP contribution in [-0.2, 0) is 10.0 Å². The molecule has 0 radical (unpaired) electrons. The summed E-state index contributed by atoms with van der Waals surface area (Å²) in [7, 11) is -2.16. The summed E-state index contributed by atoms with van der Waals surface area (Å²) in [5.74, 6) is 0.346. The smallest absolute Gasteiger partial charge is 0.243 e. The number of halogens is 2. The molecule has 1 saturated heterocycles. The van der Waals surface area contributed by atoms with Gasteiger partial charge in [-0.15, -0.1) is 0 Å². The molecule has 1 aliphatic rings. The molecule has 6 nitrogen and oxygen atoms in total. The van der Waals surface area contributed by atoms with E-state index in [9.17, 15) is 8.42 Å². The van der Waals surface area contributed by atoms with Crippen molar-refractivity contribution in [2.24, 2.45) is 0 Å². The summed E-state index contributed by atoms with van der Waals surface area (Å²) in [5, 5.41) is 1.10. The lowest BCUT2D eigenvalue weighted by Gasteiger charge is -2.35. The van der Waals surface area contributed by atoms with E-state index < -0.39 is 10.0 Å². The molecule has 1 aliphatic heterocycles. The Morgan fingerprint density at radius 2 is 1.62 bits per heavy atom. The molecule has 26 heavy (non-hydrogen) atoms. The monoisotopic (exact) mass is 415 g/mol. The maximum atomic E-state index is 12.9. The average molecular weight is 416 g/mol. The second-order valence-corrected chi connectivity index (χ2v) is 8.73. The average Bonchev–Trinajstić information content (AvgIpc) is 2.61. The number of benzene rings is 2. The van der Waals surface area contributed by atoms with Crippen LogP contribution in [0, 0.1) is 0 Å². The third-order valence-corrected chi connectivity index (χ3v) is 6.62. The van der Waals surface area contributed by atoms with Crippen LogP contribution in [0.25, 0.3) is 0 Å². The second-order valence-electron chi connectivity index (χ2n) is 5.92. The highest BCUT2D eigenvalue weighted by Crippen LogP contribution is 2.29. The third kappa shape index (κ3) is 3.86. The van der Waals surface area contributed by atoms with Gasteiger partial charge in [-0.3, -0.25) is 0 Å². The van der Waals surface area contributed by atoms with Crippen molar-refractivity contribution in [1.29, 1.82) is 0 Å². The van der Waals surface area contributed by atoms with E-state index in [0.29, 0.717) is 47.7 Å². The number of rotatable bonds is 4. The Bertz CT molecular complexity index is 893. The molecule has 3 rings (SSSR count). The molecule has 9 heteroatoms. The predicted molar refractivity (Wildman–Crippen MR) is 105 cm³/mol. The van der Waals surface area contributed by atoms with E-state index in [1.807, 2.05) is 12.1 Å². The molecule has 0 aromatic heterocycles. The van der Waals surface area contributed by atoms with Crippen LogP contribution < -0.4 is 15.4 Å². The van der Waals surface area contributed by atoms with Gasteiger partial charge in [0.25, 0.3) is 0 Å². The highest BCUT2D eigenvalue weighted by molar-refractivity contribution is 7.89. The van der Waals surface area contributed by atoms with Crippen molar-refractivity contribution in [2.45, 2.75) is 4.90 Å². The standard InChI is InChI=1S/C17H19Cl2N3O3S/c1-25-17-11-15(2-3-16(17)20)26(23,24)22-6-4-21(5-7-22)14-9-12(18)8-13(19)10-14/h2-3,8-11H,4-7,20H2,1H3. The normalized spacial score (nSPS) is 15.9. The van der Waals surface area contributed by atoms with Gasteiger partial charge in [0.15, 0.2) is 0 Å². The first-order chi connectivity index (χ1) is 12.3. The van der Waals surface area contributed by atoms with Gasteiger partial charge in [-0.2, -0.15) is 4.31 Å². The number of hydrogen-bond donors (Lipinski definition) is 1. The number of sulfonamides is 1. The lowest BCUT2D eigenvalue weighted by Crippen LogP contribution is -2.48. The molecule has 0 spiro atoms. The summed E-state index contributed by atoms with van der Waals surface area (Å²) in [6.07, 6.45) is 0. The molecule has 1 heterocycles. The predicted octanol–water partition coefficient (Wildman–Crippen LogP) is 3.10. The highest BCUT2D eigenvalue weighted by Gasteiger charge is 2.29. The Kier molecular flexibility index (Phi) is 5.53. The summed E-state index contributed by atoms with van der Waals surface area (Å²) >= 11 is 12.1. The molecular weight excluding hydrogens is 397 g/mol. The van der Waals surface area contributed by atoms with Gasteiger partial charge in [0.1, 0.15) is 5.75 Å². The van der Waals surface area contributed by atoms with Crippen molar-refractivity contribution in [3.05, 3.63) is 46.4 Å². The van der Waals surface area contributed by atoms with E-state index in [1.54, 1.807) is 6.07 Å². The molecule has 0 aliphatic carbocycles. The maximum absolute atomic E-state index is 12.9. The number of nitrogens with zero attached hydrogens (tertiary/aromatic N) is 2. The number of piperazine rings is 1. The molecule has 0 atom stereocenters. The highest BCUT2D eigenvalue weighted by atomic mass is 35.5. The zero-order valence-corrected chi connectivity index (χ0v) is 16.5. The summed E-state index contributed by atoms with van der Waals surface area (Å²) in [5.41, 5.74) is 7.05. The summed E-state index contributed by atoms with van der Waals surface area (Å²) in [6.45, 7) is 1.81. The van der Waals surface area contributed by atoms with E-state index in [1.165, 1.54) is 29.6 Å². The molecule has 0 bridgehead atoms. The van der Waals surface area contributed by atoms with Crippen LogP contribution in [-0.4, -0.2) is 46.0 Å². The first-order valence-electron chi connectivity index (χ1n) is 7.96. The van der Waals surface area contributed by atoms with Crippen molar-refractivity contribution in [2.75, 3.05) is 43.9 Å². The number of nitrogens with two attached hydrogens (primary N) is 1. The molecule has 1 fully saturated rings. The molecule has 0 amide bonds. The quantitative estimate of drug-likeness (QED) is 0.776. The van der Waals surface area contributed by atoms with Gasteiger partial charge in [-0.05, 0) is 30.3 Å². The fourth-order valence-electron chi connectivity index (χ4n) is 2.91. The van der Waals surface area contributed by atoms with Gasteiger partial charge in [-0.25, -0.2) is 8.42 Å². The van der Waals surface area contributed by atoms with E-state index in [-0.39, 0.29) is 4.90 Å². The topological polar surface area (TPSA) is 75.9 Å². The third-order valence-electron chi connectivity index (χ3n) is 4.29. The zero-order valence-electron chi connectivity index (χ0n) is 14.2. The van der Waals surface area contributed by atoms with Gasteiger partial charge >= 0.3 is 0 Å². The largest absolute Gasteiger partial charge is 0.495 e. The van der Waals surface area contributed by atoms with Gasteiger partial charge in [-0.1, -0.05) is 23.2 Å². The van der Waals surface area contributed by atoms with Crippen molar-refractivity contribution >= 4 is 44.6 Å².